The number of para-hydroxylation sites is 2. The van der Waals surface area contributed by atoms with Gasteiger partial charge in [-0.3, -0.25) is 9.59 Å². The first-order chi connectivity index (χ1) is 22.2. The molecule has 4 aromatic carbocycles. The van der Waals surface area contributed by atoms with Gasteiger partial charge in [-0.15, -0.1) is 0 Å². The number of nitrogens with zero attached hydrogens (tertiary/aromatic N) is 4. The zero-order valence-corrected chi connectivity index (χ0v) is 26.8. The summed E-state index contributed by atoms with van der Waals surface area (Å²) in [5.74, 6) is -0.338. The highest BCUT2D eigenvalue weighted by molar-refractivity contribution is 6.07. The van der Waals surface area contributed by atoms with Crippen molar-refractivity contribution in [2.24, 2.45) is 5.73 Å². The summed E-state index contributed by atoms with van der Waals surface area (Å²) in [5, 5.41) is 6.05. The standard InChI is InChI=1S/C37H39N7O2/c1-21-15-17-23(3)32-30(21)41-28-13-5-11-26(34(28)43-32)36(45)39-19-7-9-25(38)10-8-20-40-37(46)27-12-6-14-29-35(27)44-33-24(4)18-16-22(2)31(33)42-29/h5-6,11-18,25H,7-10,19-20,38H2,1-4H3,(H,39,45)(H,40,46). The summed E-state index contributed by atoms with van der Waals surface area (Å²) in [6.07, 6.45) is 3.02. The second kappa shape index (κ2) is 13.1. The van der Waals surface area contributed by atoms with Gasteiger partial charge in [-0.1, -0.05) is 36.4 Å². The first kappa shape index (κ1) is 31.0. The number of nitrogens with two attached hydrogens (primary N) is 1. The van der Waals surface area contributed by atoms with E-state index in [9.17, 15) is 9.59 Å². The summed E-state index contributed by atoms with van der Waals surface area (Å²) < 4.78 is 0. The zero-order valence-electron chi connectivity index (χ0n) is 26.8. The van der Waals surface area contributed by atoms with Gasteiger partial charge in [0, 0.05) is 19.1 Å². The van der Waals surface area contributed by atoms with E-state index < -0.39 is 0 Å². The molecule has 2 heterocycles. The van der Waals surface area contributed by atoms with Crippen molar-refractivity contribution in [1.82, 2.24) is 30.6 Å². The molecule has 9 heteroatoms. The van der Waals surface area contributed by atoms with E-state index in [2.05, 4.69) is 10.6 Å². The first-order valence-electron chi connectivity index (χ1n) is 15.9. The second-order valence-electron chi connectivity index (χ2n) is 12.1. The summed E-state index contributed by atoms with van der Waals surface area (Å²) in [4.78, 5) is 45.5. The fraction of sp³-hybridized carbons (Fsp3) is 0.297. The number of rotatable bonds is 10. The highest BCUT2D eigenvalue weighted by Crippen LogP contribution is 2.25. The van der Waals surface area contributed by atoms with E-state index in [0.29, 0.717) is 46.3 Å². The first-order valence-corrected chi connectivity index (χ1v) is 15.9. The smallest absolute Gasteiger partial charge is 0.253 e. The molecule has 0 fully saturated rings. The number of aryl methyl sites for hydroxylation is 4. The van der Waals surface area contributed by atoms with Gasteiger partial charge in [-0.25, -0.2) is 19.9 Å². The summed E-state index contributed by atoms with van der Waals surface area (Å²) in [7, 11) is 0. The third-order valence-electron chi connectivity index (χ3n) is 8.61. The lowest BCUT2D eigenvalue weighted by Gasteiger charge is -2.13. The number of aromatic nitrogens is 4. The van der Waals surface area contributed by atoms with Crippen LogP contribution in [0.25, 0.3) is 44.1 Å². The molecule has 0 unspecified atom stereocenters. The lowest BCUT2D eigenvalue weighted by Crippen LogP contribution is -2.29. The second-order valence-corrected chi connectivity index (χ2v) is 12.1. The van der Waals surface area contributed by atoms with Gasteiger partial charge >= 0.3 is 0 Å². The molecule has 0 saturated heterocycles. The Balaban J connectivity index is 0.985. The van der Waals surface area contributed by atoms with Crippen LogP contribution in [0.2, 0.25) is 0 Å². The van der Waals surface area contributed by atoms with E-state index in [4.69, 9.17) is 25.7 Å². The van der Waals surface area contributed by atoms with Crippen LogP contribution in [0, 0.1) is 27.7 Å². The molecule has 0 bridgehead atoms. The number of carbonyl (C=O) groups is 2. The lowest BCUT2D eigenvalue weighted by atomic mass is 10.1. The molecule has 0 aliphatic carbocycles. The Morgan fingerprint density at radius 2 is 0.935 bits per heavy atom. The SMILES string of the molecule is Cc1ccc(C)c2nc3c(C(=O)NCCCC(N)CCCNC(=O)c4cccc5nc6c(C)ccc(C)c6nc45)cccc3nc12. The average Bonchev–Trinajstić information content (AvgIpc) is 3.06. The zero-order chi connectivity index (χ0) is 32.4. The minimum atomic E-state index is -0.169. The third kappa shape index (κ3) is 6.23. The number of benzene rings is 4. The Morgan fingerprint density at radius 1 is 0.565 bits per heavy atom. The average molecular weight is 614 g/mol. The van der Waals surface area contributed by atoms with E-state index in [1.165, 1.54) is 0 Å². The maximum atomic E-state index is 13.1. The van der Waals surface area contributed by atoms with Gasteiger partial charge in [0.25, 0.3) is 11.8 Å². The van der Waals surface area contributed by atoms with Gasteiger partial charge in [-0.05, 0) is 99.9 Å². The molecule has 0 radical (unpaired) electrons. The number of hydrogen-bond acceptors (Lipinski definition) is 7. The molecule has 4 N–H and O–H groups in total. The molecule has 0 saturated carbocycles. The molecule has 46 heavy (non-hydrogen) atoms. The minimum absolute atomic E-state index is 0.0317. The molecular formula is C37H39N7O2. The molecule has 0 atom stereocenters. The Morgan fingerprint density at radius 3 is 1.33 bits per heavy atom. The largest absolute Gasteiger partial charge is 0.352 e. The van der Waals surface area contributed by atoms with Crippen molar-refractivity contribution in [3.63, 3.8) is 0 Å². The number of fused-ring (bicyclic) bond motifs is 4. The summed E-state index contributed by atoms with van der Waals surface area (Å²) in [6.45, 7) is 9.06. The van der Waals surface area contributed by atoms with Crippen molar-refractivity contribution in [3.05, 3.63) is 94.0 Å². The molecule has 0 aliphatic rings. The van der Waals surface area contributed by atoms with Gasteiger partial charge in [0.15, 0.2) is 0 Å². The van der Waals surface area contributed by atoms with Gasteiger partial charge in [0.05, 0.1) is 44.2 Å². The van der Waals surface area contributed by atoms with Crippen LogP contribution in [0.1, 0.15) is 68.7 Å². The Kier molecular flexibility index (Phi) is 8.85. The molecule has 6 aromatic rings. The molecule has 234 valence electrons. The monoisotopic (exact) mass is 613 g/mol. The Labute approximate surface area is 268 Å². The minimum Gasteiger partial charge on any atom is -0.352 e. The molecule has 2 aromatic heterocycles. The van der Waals surface area contributed by atoms with Gasteiger partial charge in [-0.2, -0.15) is 0 Å². The Hall–Kier alpha value is -5.02. The van der Waals surface area contributed by atoms with Crippen LogP contribution in [0.4, 0.5) is 0 Å². The van der Waals surface area contributed by atoms with Crippen molar-refractivity contribution in [2.75, 3.05) is 13.1 Å². The highest BCUT2D eigenvalue weighted by atomic mass is 16.2. The molecular weight excluding hydrogens is 574 g/mol. The van der Waals surface area contributed by atoms with E-state index in [1.807, 2.05) is 76.2 Å². The van der Waals surface area contributed by atoms with Crippen molar-refractivity contribution < 1.29 is 9.59 Å². The summed E-state index contributed by atoms with van der Waals surface area (Å²) in [6, 6.07) is 19.2. The van der Waals surface area contributed by atoms with E-state index in [-0.39, 0.29) is 17.9 Å². The number of hydrogen-bond donors (Lipinski definition) is 3. The summed E-state index contributed by atoms with van der Waals surface area (Å²) >= 11 is 0. The number of carbonyl (C=O) groups excluding carboxylic acids is 2. The fourth-order valence-electron chi connectivity index (χ4n) is 5.90. The van der Waals surface area contributed by atoms with Gasteiger partial charge in [0.2, 0.25) is 0 Å². The number of nitrogens with one attached hydrogen (secondary N) is 2. The molecule has 2 amide bonds. The van der Waals surface area contributed by atoms with Crippen LogP contribution >= 0.6 is 0 Å². The fourth-order valence-corrected chi connectivity index (χ4v) is 5.90. The van der Waals surface area contributed by atoms with Crippen LogP contribution in [-0.2, 0) is 0 Å². The normalized spacial score (nSPS) is 11.6. The molecule has 6 rings (SSSR count). The third-order valence-corrected chi connectivity index (χ3v) is 8.61. The van der Waals surface area contributed by atoms with E-state index >= 15 is 0 Å². The molecule has 0 spiro atoms. The van der Waals surface area contributed by atoms with Crippen LogP contribution in [-0.4, -0.2) is 50.9 Å². The quantitative estimate of drug-likeness (QED) is 0.124. The van der Waals surface area contributed by atoms with Crippen molar-refractivity contribution >= 4 is 55.9 Å². The highest BCUT2D eigenvalue weighted by Gasteiger charge is 2.16. The van der Waals surface area contributed by atoms with Crippen LogP contribution in [0.15, 0.2) is 60.7 Å². The summed E-state index contributed by atoms with van der Waals surface area (Å²) in [5.41, 5.74) is 17.6. The lowest BCUT2D eigenvalue weighted by molar-refractivity contribution is 0.0947. The van der Waals surface area contributed by atoms with E-state index in [0.717, 1.165) is 70.0 Å². The van der Waals surface area contributed by atoms with Gasteiger partial charge in [0.1, 0.15) is 11.0 Å². The van der Waals surface area contributed by atoms with Crippen LogP contribution in [0.5, 0.6) is 0 Å². The van der Waals surface area contributed by atoms with Gasteiger partial charge < -0.3 is 16.4 Å². The Bertz CT molecular complexity index is 1970. The van der Waals surface area contributed by atoms with Crippen molar-refractivity contribution in [3.8, 4) is 0 Å². The maximum Gasteiger partial charge on any atom is 0.253 e. The van der Waals surface area contributed by atoms with Crippen LogP contribution in [0.3, 0.4) is 0 Å². The molecule has 0 aliphatic heterocycles. The van der Waals surface area contributed by atoms with Crippen molar-refractivity contribution in [1.29, 1.82) is 0 Å². The predicted molar refractivity (Wildman–Crippen MR) is 184 cm³/mol. The topological polar surface area (TPSA) is 136 Å². The number of amides is 2. The molecule has 9 nitrogen and oxygen atoms in total. The van der Waals surface area contributed by atoms with Crippen LogP contribution < -0.4 is 16.4 Å². The van der Waals surface area contributed by atoms with E-state index in [1.54, 1.807) is 12.1 Å². The maximum absolute atomic E-state index is 13.1. The van der Waals surface area contributed by atoms with Crippen molar-refractivity contribution in [2.45, 2.75) is 59.4 Å². The predicted octanol–water partition coefficient (Wildman–Crippen LogP) is 6.16.